The van der Waals surface area contributed by atoms with E-state index in [0.29, 0.717) is 14.6 Å². The van der Waals surface area contributed by atoms with Gasteiger partial charge in [0.1, 0.15) is 4.90 Å². The zero-order chi connectivity index (χ0) is 14.8. The first-order valence-corrected chi connectivity index (χ1v) is 8.75. The van der Waals surface area contributed by atoms with E-state index in [9.17, 15) is 8.42 Å². The molecule has 7 heteroatoms. The van der Waals surface area contributed by atoms with E-state index in [4.69, 9.17) is 5.73 Å². The summed E-state index contributed by atoms with van der Waals surface area (Å²) in [5.74, 6) is 0. The first-order chi connectivity index (χ1) is 9.40. The highest BCUT2D eigenvalue weighted by Gasteiger charge is 2.21. The van der Waals surface area contributed by atoms with E-state index in [0.717, 1.165) is 5.56 Å². The molecule has 0 aliphatic carbocycles. The van der Waals surface area contributed by atoms with E-state index in [2.05, 4.69) is 36.6 Å². The molecule has 2 rings (SSSR count). The smallest absolute Gasteiger partial charge is 0.243 e. The minimum absolute atomic E-state index is 0.141. The van der Waals surface area contributed by atoms with Crippen LogP contribution in [0.5, 0.6) is 0 Å². The second kappa shape index (κ2) is 6.26. The summed E-state index contributed by atoms with van der Waals surface area (Å²) in [7, 11) is -3.64. The molecule has 0 saturated heterocycles. The van der Waals surface area contributed by atoms with Crippen LogP contribution in [0.25, 0.3) is 0 Å². The number of nitrogens with one attached hydrogen (secondary N) is 1. The Morgan fingerprint density at radius 2 is 1.60 bits per heavy atom. The molecule has 0 aliphatic rings. The second-order valence-electron chi connectivity index (χ2n) is 4.12. The molecule has 0 bridgehead atoms. The molecule has 0 aliphatic heterocycles. The third-order valence-corrected chi connectivity index (χ3v) is 5.88. The van der Waals surface area contributed by atoms with Gasteiger partial charge in [-0.25, -0.2) is 13.1 Å². The molecule has 2 aromatic rings. The summed E-state index contributed by atoms with van der Waals surface area (Å²) >= 11 is 6.46. The number of halogens is 2. The van der Waals surface area contributed by atoms with E-state index in [1.165, 1.54) is 0 Å². The zero-order valence-corrected chi connectivity index (χ0v) is 14.3. The molecule has 0 aromatic heterocycles. The van der Waals surface area contributed by atoms with Crippen molar-refractivity contribution >= 4 is 47.6 Å². The maximum atomic E-state index is 12.3. The van der Waals surface area contributed by atoms with Gasteiger partial charge in [-0.3, -0.25) is 0 Å². The largest absolute Gasteiger partial charge is 0.399 e. The van der Waals surface area contributed by atoms with Crippen molar-refractivity contribution in [3.05, 3.63) is 57.0 Å². The van der Waals surface area contributed by atoms with Crippen LogP contribution in [0.4, 0.5) is 5.69 Å². The molecule has 20 heavy (non-hydrogen) atoms. The monoisotopic (exact) mass is 418 g/mol. The van der Waals surface area contributed by atoms with Gasteiger partial charge in [0.25, 0.3) is 0 Å². The highest BCUT2D eigenvalue weighted by molar-refractivity contribution is 9.11. The molecule has 106 valence electrons. The Morgan fingerprint density at radius 1 is 1.05 bits per heavy atom. The zero-order valence-electron chi connectivity index (χ0n) is 10.3. The molecule has 0 saturated carbocycles. The van der Waals surface area contributed by atoms with Gasteiger partial charge in [0.2, 0.25) is 10.0 Å². The number of sulfonamides is 1. The van der Waals surface area contributed by atoms with Gasteiger partial charge < -0.3 is 5.73 Å². The Balaban J connectivity index is 2.28. The number of hydrogen-bond acceptors (Lipinski definition) is 3. The van der Waals surface area contributed by atoms with Gasteiger partial charge >= 0.3 is 0 Å². The quantitative estimate of drug-likeness (QED) is 0.747. The first-order valence-electron chi connectivity index (χ1n) is 5.68. The molecule has 3 N–H and O–H groups in total. The van der Waals surface area contributed by atoms with Gasteiger partial charge in [0.15, 0.2) is 0 Å². The van der Waals surface area contributed by atoms with Gasteiger partial charge in [-0.15, -0.1) is 0 Å². The van der Waals surface area contributed by atoms with Crippen molar-refractivity contribution in [3.8, 4) is 0 Å². The van der Waals surface area contributed by atoms with Crippen LogP contribution in [0.1, 0.15) is 5.56 Å². The number of benzene rings is 2. The minimum atomic E-state index is -3.64. The lowest BCUT2D eigenvalue weighted by atomic mass is 10.2. The lowest BCUT2D eigenvalue weighted by Crippen LogP contribution is -2.24. The van der Waals surface area contributed by atoms with Gasteiger partial charge in [0.05, 0.1) is 0 Å². The van der Waals surface area contributed by atoms with Gasteiger partial charge in [-0.1, -0.05) is 30.3 Å². The predicted molar refractivity (Wildman–Crippen MR) is 86.7 cm³/mol. The van der Waals surface area contributed by atoms with Crippen molar-refractivity contribution in [3.63, 3.8) is 0 Å². The molecule has 2 aromatic carbocycles. The maximum Gasteiger partial charge on any atom is 0.243 e. The summed E-state index contributed by atoms with van der Waals surface area (Å²) in [6, 6.07) is 12.4. The lowest BCUT2D eigenvalue weighted by Gasteiger charge is -2.11. The number of rotatable bonds is 4. The highest BCUT2D eigenvalue weighted by Crippen LogP contribution is 2.32. The summed E-state index contributed by atoms with van der Waals surface area (Å²) in [4.78, 5) is 0.141. The SMILES string of the molecule is Nc1cc(Br)c(S(=O)(=O)NCc2ccccc2)c(Br)c1. The molecular weight excluding hydrogens is 408 g/mol. The molecule has 0 fully saturated rings. The van der Waals surface area contributed by atoms with Crippen LogP contribution in [-0.4, -0.2) is 8.42 Å². The van der Waals surface area contributed by atoms with E-state index >= 15 is 0 Å². The fourth-order valence-electron chi connectivity index (χ4n) is 1.68. The number of anilines is 1. The summed E-state index contributed by atoms with van der Waals surface area (Å²) in [6.45, 7) is 0.229. The van der Waals surface area contributed by atoms with Gasteiger partial charge in [0, 0.05) is 21.2 Å². The molecular formula is C13H12Br2N2O2S. The van der Waals surface area contributed by atoms with E-state index in [1.54, 1.807) is 12.1 Å². The first kappa shape index (κ1) is 15.5. The Kier molecular flexibility index (Phi) is 4.85. The Bertz CT molecular complexity index is 695. The molecule has 0 radical (unpaired) electrons. The molecule has 0 heterocycles. The van der Waals surface area contributed by atoms with Gasteiger partial charge in [-0.2, -0.15) is 0 Å². The number of nitrogen functional groups attached to an aromatic ring is 1. The van der Waals surface area contributed by atoms with E-state index in [1.807, 2.05) is 30.3 Å². The standard InChI is InChI=1S/C13H12Br2N2O2S/c14-11-6-10(16)7-12(15)13(11)20(18,19)17-8-9-4-2-1-3-5-9/h1-7,17H,8,16H2. The fraction of sp³-hybridized carbons (Fsp3) is 0.0769. The van der Waals surface area contributed by atoms with Crippen LogP contribution in [0.3, 0.4) is 0 Å². The normalized spacial score (nSPS) is 11.5. The van der Waals surface area contributed by atoms with Crippen molar-refractivity contribution in [2.45, 2.75) is 11.4 Å². The van der Waals surface area contributed by atoms with Crippen LogP contribution in [0, 0.1) is 0 Å². The van der Waals surface area contributed by atoms with Crippen molar-refractivity contribution < 1.29 is 8.42 Å². The van der Waals surface area contributed by atoms with E-state index < -0.39 is 10.0 Å². The van der Waals surface area contributed by atoms with Crippen molar-refractivity contribution in [1.82, 2.24) is 4.72 Å². The summed E-state index contributed by atoms with van der Waals surface area (Å²) in [5.41, 5.74) is 7.03. The summed E-state index contributed by atoms with van der Waals surface area (Å²) in [5, 5.41) is 0. The average Bonchev–Trinajstić information content (AvgIpc) is 2.36. The molecule has 0 atom stereocenters. The molecule has 0 amide bonds. The summed E-state index contributed by atoms with van der Waals surface area (Å²) in [6.07, 6.45) is 0. The van der Waals surface area contributed by atoms with Crippen LogP contribution in [0.15, 0.2) is 56.3 Å². The number of nitrogens with two attached hydrogens (primary N) is 1. The summed E-state index contributed by atoms with van der Waals surface area (Å²) < 4.78 is 28.1. The molecule has 0 spiro atoms. The molecule has 4 nitrogen and oxygen atoms in total. The van der Waals surface area contributed by atoms with Crippen molar-refractivity contribution in [2.75, 3.05) is 5.73 Å². The predicted octanol–water partition coefficient (Wildman–Crippen LogP) is 3.27. The van der Waals surface area contributed by atoms with Gasteiger partial charge in [-0.05, 0) is 49.6 Å². The van der Waals surface area contributed by atoms with Crippen molar-refractivity contribution in [1.29, 1.82) is 0 Å². The second-order valence-corrected chi connectivity index (χ2v) is 7.54. The Morgan fingerprint density at radius 3 is 2.15 bits per heavy atom. The minimum Gasteiger partial charge on any atom is -0.399 e. The van der Waals surface area contributed by atoms with E-state index in [-0.39, 0.29) is 11.4 Å². The van der Waals surface area contributed by atoms with Crippen LogP contribution in [0.2, 0.25) is 0 Å². The topological polar surface area (TPSA) is 72.2 Å². The lowest BCUT2D eigenvalue weighted by molar-refractivity contribution is 0.580. The van der Waals surface area contributed by atoms with Crippen LogP contribution >= 0.6 is 31.9 Å². The van der Waals surface area contributed by atoms with Crippen LogP contribution in [-0.2, 0) is 16.6 Å². The number of hydrogen-bond donors (Lipinski definition) is 2. The van der Waals surface area contributed by atoms with Crippen molar-refractivity contribution in [2.24, 2.45) is 0 Å². The maximum absolute atomic E-state index is 12.3. The third kappa shape index (κ3) is 3.60. The highest BCUT2D eigenvalue weighted by atomic mass is 79.9. The third-order valence-electron chi connectivity index (χ3n) is 2.60. The Hall–Kier alpha value is -0.890. The fourth-order valence-corrected chi connectivity index (χ4v) is 5.32. The molecule has 0 unspecified atom stereocenters. The Labute approximate surface area is 134 Å². The van der Waals surface area contributed by atoms with Crippen LogP contribution < -0.4 is 10.5 Å². The average molecular weight is 420 g/mol.